The van der Waals surface area contributed by atoms with Gasteiger partial charge in [0.05, 0.1) is 12.5 Å². The van der Waals surface area contributed by atoms with E-state index in [0.717, 1.165) is 35.5 Å². The molecule has 27 heavy (non-hydrogen) atoms. The van der Waals surface area contributed by atoms with Crippen molar-refractivity contribution in [1.82, 2.24) is 5.32 Å². The third-order valence-electron chi connectivity index (χ3n) is 5.15. The number of carbonyl (C=O) groups is 1. The van der Waals surface area contributed by atoms with E-state index < -0.39 is 12.0 Å². The van der Waals surface area contributed by atoms with Crippen molar-refractivity contribution in [3.05, 3.63) is 58.7 Å². The van der Waals surface area contributed by atoms with E-state index in [1.807, 2.05) is 24.3 Å². The van der Waals surface area contributed by atoms with Crippen molar-refractivity contribution in [3.63, 3.8) is 0 Å². The second kappa shape index (κ2) is 7.82. The predicted molar refractivity (Wildman–Crippen MR) is 106 cm³/mol. The lowest BCUT2D eigenvalue weighted by Gasteiger charge is -2.16. The van der Waals surface area contributed by atoms with E-state index in [0.29, 0.717) is 12.4 Å². The largest absolute Gasteiger partial charge is 0.496 e. The van der Waals surface area contributed by atoms with Gasteiger partial charge in [-0.15, -0.1) is 11.8 Å². The summed E-state index contributed by atoms with van der Waals surface area (Å²) in [5.41, 5.74) is 4.81. The molecule has 1 aliphatic heterocycles. The fourth-order valence-corrected chi connectivity index (χ4v) is 4.90. The summed E-state index contributed by atoms with van der Waals surface area (Å²) in [6, 6.07) is 11.8. The molecule has 2 N–H and O–H groups in total. The highest BCUT2D eigenvalue weighted by atomic mass is 32.2. The Morgan fingerprint density at radius 2 is 2.07 bits per heavy atom. The molecule has 5 nitrogen and oxygen atoms in total. The second-order valence-corrected chi connectivity index (χ2v) is 8.05. The molecule has 0 spiro atoms. The number of carboxylic acid groups (broad SMARTS) is 1. The fraction of sp³-hybridized carbons (Fsp3) is 0.381. The maximum absolute atomic E-state index is 11.2. The van der Waals surface area contributed by atoms with Crippen molar-refractivity contribution in [2.75, 3.05) is 12.9 Å². The Hall–Kier alpha value is -2.18. The van der Waals surface area contributed by atoms with Gasteiger partial charge in [-0.1, -0.05) is 12.1 Å². The van der Waals surface area contributed by atoms with Gasteiger partial charge in [0.15, 0.2) is 0 Å². The van der Waals surface area contributed by atoms with Crippen LogP contribution >= 0.6 is 11.8 Å². The van der Waals surface area contributed by atoms with Crippen molar-refractivity contribution in [2.24, 2.45) is 0 Å². The molecule has 0 bridgehead atoms. The predicted octanol–water partition coefficient (Wildman–Crippen LogP) is 3.55. The standard InChI is InChI=1S/C21H23NO4S/c1-25-19-8-6-15(20-22-18(12-27-20)21(23)24)9-16(19)11-26-17-7-5-13-3-2-4-14(13)10-17/h5-10,18,20,22H,2-4,11-12H2,1H3,(H,23,24). The van der Waals surface area contributed by atoms with E-state index in [1.54, 1.807) is 18.9 Å². The molecular formula is C21H23NO4S. The molecule has 1 aliphatic carbocycles. The number of aryl methyl sites for hydroxylation is 2. The molecule has 1 saturated heterocycles. The number of thioether (sulfide) groups is 1. The van der Waals surface area contributed by atoms with Gasteiger partial charge in [0, 0.05) is 11.3 Å². The summed E-state index contributed by atoms with van der Waals surface area (Å²) in [6.07, 6.45) is 3.51. The van der Waals surface area contributed by atoms with E-state index in [4.69, 9.17) is 9.47 Å². The van der Waals surface area contributed by atoms with Crippen LogP contribution in [0.2, 0.25) is 0 Å². The van der Waals surface area contributed by atoms with Crippen molar-refractivity contribution >= 4 is 17.7 Å². The van der Waals surface area contributed by atoms with E-state index in [1.165, 1.54) is 17.5 Å². The van der Waals surface area contributed by atoms with Gasteiger partial charge in [-0.3, -0.25) is 10.1 Å². The molecule has 142 valence electrons. The summed E-state index contributed by atoms with van der Waals surface area (Å²) in [6.45, 7) is 0.412. The number of methoxy groups -OCH3 is 1. The number of fused-ring (bicyclic) bond motifs is 1. The van der Waals surface area contributed by atoms with Gasteiger partial charge in [-0.25, -0.2) is 0 Å². The molecule has 2 aromatic carbocycles. The summed E-state index contributed by atoms with van der Waals surface area (Å²) in [5.74, 6) is 1.41. The number of nitrogens with one attached hydrogen (secondary N) is 1. The van der Waals surface area contributed by atoms with E-state index in [2.05, 4.69) is 17.4 Å². The molecule has 1 fully saturated rings. The molecule has 0 amide bonds. The molecule has 2 unspecified atom stereocenters. The molecular weight excluding hydrogens is 362 g/mol. The molecule has 1 heterocycles. The van der Waals surface area contributed by atoms with Crippen LogP contribution in [0.15, 0.2) is 36.4 Å². The van der Waals surface area contributed by atoms with Gasteiger partial charge in [0.1, 0.15) is 24.1 Å². The average molecular weight is 385 g/mol. The summed E-state index contributed by atoms with van der Waals surface area (Å²) in [4.78, 5) is 11.2. The maximum Gasteiger partial charge on any atom is 0.321 e. The SMILES string of the molecule is COc1ccc(C2NC(C(=O)O)CS2)cc1COc1ccc2c(c1)CCC2. The molecule has 2 atom stereocenters. The Bertz CT molecular complexity index is 854. The van der Waals surface area contributed by atoms with Crippen molar-refractivity contribution in [1.29, 1.82) is 0 Å². The lowest BCUT2D eigenvalue weighted by atomic mass is 10.1. The zero-order chi connectivity index (χ0) is 18.8. The van der Waals surface area contributed by atoms with E-state index >= 15 is 0 Å². The van der Waals surface area contributed by atoms with Gasteiger partial charge in [0.25, 0.3) is 0 Å². The maximum atomic E-state index is 11.2. The Kier molecular flexibility index (Phi) is 5.27. The highest BCUT2D eigenvalue weighted by Gasteiger charge is 2.30. The summed E-state index contributed by atoms with van der Waals surface area (Å²) in [5, 5.41) is 12.3. The highest BCUT2D eigenvalue weighted by Crippen LogP contribution is 2.35. The lowest BCUT2D eigenvalue weighted by Crippen LogP contribution is -2.33. The Morgan fingerprint density at radius 1 is 1.22 bits per heavy atom. The minimum absolute atomic E-state index is 0.0317. The molecule has 2 aliphatic rings. The lowest BCUT2D eigenvalue weighted by molar-refractivity contribution is -0.138. The molecule has 6 heteroatoms. The Labute approximate surface area is 163 Å². The average Bonchev–Trinajstić information content (AvgIpc) is 3.35. The zero-order valence-electron chi connectivity index (χ0n) is 15.2. The molecule has 0 saturated carbocycles. The first kappa shape index (κ1) is 18.2. The van der Waals surface area contributed by atoms with Crippen molar-refractivity contribution in [2.45, 2.75) is 37.3 Å². The van der Waals surface area contributed by atoms with Crippen LogP contribution in [0.5, 0.6) is 11.5 Å². The molecule has 2 aromatic rings. The summed E-state index contributed by atoms with van der Waals surface area (Å²) >= 11 is 1.61. The minimum atomic E-state index is -0.807. The summed E-state index contributed by atoms with van der Waals surface area (Å²) < 4.78 is 11.5. The van der Waals surface area contributed by atoms with Crippen molar-refractivity contribution < 1.29 is 19.4 Å². The fourth-order valence-electron chi connectivity index (χ4n) is 3.68. The third kappa shape index (κ3) is 3.92. The molecule has 0 aromatic heterocycles. The number of carboxylic acids is 1. The number of hydrogen-bond donors (Lipinski definition) is 2. The van der Waals surface area contributed by atoms with Crippen LogP contribution in [0.3, 0.4) is 0 Å². The molecule has 0 radical (unpaired) electrons. The second-order valence-electron chi connectivity index (χ2n) is 6.91. The number of aliphatic carboxylic acids is 1. The number of hydrogen-bond acceptors (Lipinski definition) is 5. The first-order valence-electron chi connectivity index (χ1n) is 9.16. The van der Waals surface area contributed by atoms with Crippen LogP contribution < -0.4 is 14.8 Å². The van der Waals surface area contributed by atoms with Crippen LogP contribution in [0.1, 0.15) is 34.0 Å². The Morgan fingerprint density at radius 3 is 2.85 bits per heavy atom. The van der Waals surface area contributed by atoms with Crippen LogP contribution in [0.4, 0.5) is 0 Å². The van der Waals surface area contributed by atoms with Crippen LogP contribution in [0.25, 0.3) is 0 Å². The Balaban J connectivity index is 1.49. The molecule has 4 rings (SSSR count). The first-order valence-corrected chi connectivity index (χ1v) is 10.2. The normalized spacial score (nSPS) is 21.1. The van der Waals surface area contributed by atoms with E-state index in [9.17, 15) is 9.90 Å². The highest BCUT2D eigenvalue weighted by molar-refractivity contribution is 7.99. The quantitative estimate of drug-likeness (QED) is 0.793. The smallest absolute Gasteiger partial charge is 0.321 e. The van der Waals surface area contributed by atoms with Gasteiger partial charge in [-0.05, 0) is 60.2 Å². The van der Waals surface area contributed by atoms with Crippen LogP contribution in [-0.2, 0) is 24.2 Å². The van der Waals surface area contributed by atoms with Gasteiger partial charge in [-0.2, -0.15) is 0 Å². The topological polar surface area (TPSA) is 67.8 Å². The van der Waals surface area contributed by atoms with Gasteiger partial charge in [0.2, 0.25) is 0 Å². The first-order chi connectivity index (χ1) is 13.1. The van der Waals surface area contributed by atoms with Gasteiger partial charge >= 0.3 is 5.97 Å². The number of ether oxygens (including phenoxy) is 2. The number of rotatable bonds is 6. The van der Waals surface area contributed by atoms with E-state index in [-0.39, 0.29) is 5.37 Å². The minimum Gasteiger partial charge on any atom is -0.496 e. The zero-order valence-corrected chi connectivity index (χ0v) is 16.1. The van der Waals surface area contributed by atoms with Crippen LogP contribution in [0, 0.1) is 0 Å². The summed E-state index contributed by atoms with van der Waals surface area (Å²) in [7, 11) is 1.65. The van der Waals surface area contributed by atoms with Crippen molar-refractivity contribution in [3.8, 4) is 11.5 Å². The monoisotopic (exact) mass is 385 g/mol. The van der Waals surface area contributed by atoms with Gasteiger partial charge < -0.3 is 14.6 Å². The van der Waals surface area contributed by atoms with Crippen LogP contribution in [-0.4, -0.2) is 30.0 Å². The number of benzene rings is 2. The third-order valence-corrected chi connectivity index (χ3v) is 6.42.